The first kappa shape index (κ1) is 18.7. The summed E-state index contributed by atoms with van der Waals surface area (Å²) in [5.74, 6) is -0.405. The monoisotopic (exact) mass is 337 g/mol. The Kier molecular flexibility index (Phi) is 6.36. The van der Waals surface area contributed by atoms with Crippen molar-refractivity contribution in [3.63, 3.8) is 0 Å². The van der Waals surface area contributed by atoms with Crippen molar-refractivity contribution in [1.29, 1.82) is 0 Å². The summed E-state index contributed by atoms with van der Waals surface area (Å²) in [5.41, 5.74) is 6.31. The summed E-state index contributed by atoms with van der Waals surface area (Å²) in [6, 6.07) is 9.86. The van der Waals surface area contributed by atoms with Crippen LogP contribution in [0.3, 0.4) is 0 Å². The van der Waals surface area contributed by atoms with Gasteiger partial charge in [0, 0.05) is 23.3 Å². The number of hydrogen-bond acceptors (Lipinski definition) is 4. The largest absolute Gasteiger partial charge is 0.459 e. The van der Waals surface area contributed by atoms with Crippen LogP contribution in [0.2, 0.25) is 0 Å². The molecule has 6 nitrogen and oxygen atoms in total. The number of furan rings is 1. The molecule has 0 radical (unpaired) electrons. The lowest BCUT2D eigenvalue weighted by Crippen LogP contribution is -2.45. The fourth-order valence-electron chi connectivity index (χ4n) is 1.75. The molecule has 1 aromatic carbocycles. The maximum absolute atomic E-state index is 12.1. The van der Waals surface area contributed by atoms with Crippen LogP contribution in [0, 0.1) is 0 Å². The molecule has 2 aromatic rings. The topological polar surface area (TPSA) is 97.4 Å². The number of carbonyl (C=O) groups is 2. The quantitative estimate of drug-likeness (QED) is 0.780. The molecule has 0 aliphatic carbocycles. The number of carbonyl (C=O) groups excluding carboxylic acids is 2. The molecule has 2 amide bonds. The van der Waals surface area contributed by atoms with Gasteiger partial charge in [-0.15, -0.1) is 12.4 Å². The first-order valence-electron chi connectivity index (χ1n) is 6.87. The SMILES string of the molecule is CC(C)(N)CNC(=O)c1cccc(NC(=O)c2ccco2)c1.Cl. The third-order valence-corrected chi connectivity index (χ3v) is 2.83. The van der Waals surface area contributed by atoms with E-state index in [0.29, 0.717) is 17.8 Å². The molecule has 0 atom stereocenters. The average Bonchev–Trinajstić information content (AvgIpc) is 2.98. The van der Waals surface area contributed by atoms with Crippen molar-refractivity contribution in [2.75, 3.05) is 11.9 Å². The molecule has 0 fully saturated rings. The number of anilines is 1. The number of hydrogen-bond donors (Lipinski definition) is 3. The maximum Gasteiger partial charge on any atom is 0.291 e. The van der Waals surface area contributed by atoms with Crippen LogP contribution in [0.1, 0.15) is 34.8 Å². The Labute approximate surface area is 140 Å². The van der Waals surface area contributed by atoms with Crippen molar-refractivity contribution in [1.82, 2.24) is 5.32 Å². The van der Waals surface area contributed by atoms with Crippen LogP contribution >= 0.6 is 12.4 Å². The smallest absolute Gasteiger partial charge is 0.291 e. The Hall–Kier alpha value is -2.31. The molecule has 0 aliphatic rings. The number of nitrogens with one attached hydrogen (secondary N) is 2. The molecular formula is C16H20ClN3O3. The van der Waals surface area contributed by atoms with E-state index in [9.17, 15) is 9.59 Å². The number of rotatable bonds is 5. The summed E-state index contributed by atoms with van der Waals surface area (Å²) >= 11 is 0. The Morgan fingerprint density at radius 3 is 2.52 bits per heavy atom. The average molecular weight is 338 g/mol. The number of halogens is 1. The van der Waals surface area contributed by atoms with Gasteiger partial charge in [-0.2, -0.15) is 0 Å². The van der Waals surface area contributed by atoms with Crippen LogP contribution in [0.25, 0.3) is 0 Å². The Balaban J connectivity index is 0.00000264. The van der Waals surface area contributed by atoms with Gasteiger partial charge in [-0.1, -0.05) is 6.07 Å². The maximum atomic E-state index is 12.1. The minimum Gasteiger partial charge on any atom is -0.459 e. The normalized spacial score (nSPS) is 10.6. The van der Waals surface area contributed by atoms with Gasteiger partial charge in [0.25, 0.3) is 11.8 Å². The van der Waals surface area contributed by atoms with E-state index in [0.717, 1.165) is 0 Å². The summed E-state index contributed by atoms with van der Waals surface area (Å²) in [6.45, 7) is 4.01. The van der Waals surface area contributed by atoms with Crippen LogP contribution in [0.5, 0.6) is 0 Å². The number of benzene rings is 1. The van der Waals surface area contributed by atoms with Gasteiger partial charge >= 0.3 is 0 Å². The highest BCUT2D eigenvalue weighted by atomic mass is 35.5. The van der Waals surface area contributed by atoms with Gasteiger partial charge in [0.1, 0.15) is 0 Å². The molecule has 0 saturated carbocycles. The molecule has 2 rings (SSSR count). The molecule has 4 N–H and O–H groups in total. The van der Waals surface area contributed by atoms with E-state index in [1.807, 2.05) is 13.8 Å². The Morgan fingerprint density at radius 1 is 1.17 bits per heavy atom. The molecule has 0 bridgehead atoms. The van der Waals surface area contributed by atoms with Crippen molar-refractivity contribution in [2.24, 2.45) is 5.73 Å². The number of amides is 2. The van der Waals surface area contributed by atoms with Gasteiger partial charge in [-0.25, -0.2) is 0 Å². The standard InChI is InChI=1S/C16H19N3O3.ClH/c1-16(2,17)10-18-14(20)11-5-3-6-12(9-11)19-15(21)13-7-4-8-22-13;/h3-9H,10,17H2,1-2H3,(H,18,20)(H,19,21);1H. The highest BCUT2D eigenvalue weighted by molar-refractivity contribution is 6.03. The van der Waals surface area contributed by atoms with E-state index in [1.54, 1.807) is 36.4 Å². The Morgan fingerprint density at radius 2 is 1.91 bits per heavy atom. The minimum atomic E-state index is -0.485. The fraction of sp³-hybridized carbons (Fsp3) is 0.250. The van der Waals surface area contributed by atoms with Crippen LogP contribution in [-0.4, -0.2) is 23.9 Å². The first-order chi connectivity index (χ1) is 10.3. The highest BCUT2D eigenvalue weighted by Crippen LogP contribution is 2.13. The van der Waals surface area contributed by atoms with Gasteiger partial charge in [0.2, 0.25) is 0 Å². The third-order valence-electron chi connectivity index (χ3n) is 2.83. The predicted molar refractivity (Wildman–Crippen MR) is 91.0 cm³/mol. The van der Waals surface area contributed by atoms with Crippen molar-refractivity contribution < 1.29 is 14.0 Å². The Bertz CT molecular complexity index is 663. The fourth-order valence-corrected chi connectivity index (χ4v) is 1.75. The van der Waals surface area contributed by atoms with Gasteiger partial charge < -0.3 is 20.8 Å². The zero-order chi connectivity index (χ0) is 16.2. The molecule has 1 heterocycles. The number of nitrogens with two attached hydrogens (primary N) is 1. The zero-order valence-electron chi connectivity index (χ0n) is 13.0. The van der Waals surface area contributed by atoms with Crippen LogP contribution < -0.4 is 16.4 Å². The summed E-state index contributed by atoms with van der Waals surface area (Å²) in [4.78, 5) is 24.0. The van der Waals surface area contributed by atoms with E-state index in [2.05, 4.69) is 10.6 Å². The van der Waals surface area contributed by atoms with E-state index >= 15 is 0 Å². The van der Waals surface area contributed by atoms with E-state index < -0.39 is 5.54 Å². The third kappa shape index (κ3) is 5.77. The van der Waals surface area contributed by atoms with E-state index in [1.165, 1.54) is 6.26 Å². The lowest BCUT2D eigenvalue weighted by atomic mass is 10.1. The van der Waals surface area contributed by atoms with E-state index in [-0.39, 0.29) is 30.0 Å². The van der Waals surface area contributed by atoms with Crippen molar-refractivity contribution >= 4 is 29.9 Å². The summed E-state index contributed by atoms with van der Waals surface area (Å²) < 4.78 is 5.02. The highest BCUT2D eigenvalue weighted by Gasteiger charge is 2.14. The first-order valence-corrected chi connectivity index (χ1v) is 6.87. The van der Waals surface area contributed by atoms with E-state index in [4.69, 9.17) is 10.2 Å². The molecule has 7 heteroatoms. The van der Waals surface area contributed by atoms with Crippen molar-refractivity contribution in [3.8, 4) is 0 Å². The predicted octanol–water partition coefficient (Wildman–Crippen LogP) is 2.42. The molecular weight excluding hydrogens is 318 g/mol. The van der Waals surface area contributed by atoms with Crippen LogP contribution in [0.15, 0.2) is 47.1 Å². The molecule has 0 saturated heterocycles. The molecule has 0 spiro atoms. The molecule has 23 heavy (non-hydrogen) atoms. The van der Waals surface area contributed by atoms with Crippen LogP contribution in [-0.2, 0) is 0 Å². The zero-order valence-corrected chi connectivity index (χ0v) is 13.8. The van der Waals surface area contributed by atoms with Crippen molar-refractivity contribution in [2.45, 2.75) is 19.4 Å². The van der Waals surface area contributed by atoms with Crippen molar-refractivity contribution in [3.05, 3.63) is 54.0 Å². The molecule has 0 aliphatic heterocycles. The second-order valence-corrected chi connectivity index (χ2v) is 5.68. The second kappa shape index (κ2) is 7.80. The van der Waals surface area contributed by atoms with Gasteiger partial charge in [0.15, 0.2) is 5.76 Å². The lowest BCUT2D eigenvalue weighted by Gasteiger charge is -2.19. The van der Waals surface area contributed by atoms with Crippen LogP contribution in [0.4, 0.5) is 5.69 Å². The molecule has 1 aromatic heterocycles. The van der Waals surface area contributed by atoms with Gasteiger partial charge in [-0.05, 0) is 44.2 Å². The van der Waals surface area contributed by atoms with Gasteiger partial charge in [0.05, 0.1) is 6.26 Å². The molecule has 124 valence electrons. The molecule has 0 unspecified atom stereocenters. The second-order valence-electron chi connectivity index (χ2n) is 5.68. The minimum absolute atomic E-state index is 0. The summed E-state index contributed by atoms with van der Waals surface area (Å²) in [6.07, 6.45) is 1.42. The lowest BCUT2D eigenvalue weighted by molar-refractivity contribution is 0.0944. The summed E-state index contributed by atoms with van der Waals surface area (Å²) in [7, 11) is 0. The summed E-state index contributed by atoms with van der Waals surface area (Å²) in [5, 5.41) is 5.43. The van der Waals surface area contributed by atoms with Gasteiger partial charge in [-0.3, -0.25) is 9.59 Å².